The molecule has 3 aromatic carbocycles. The van der Waals surface area contributed by atoms with Crippen molar-refractivity contribution in [3.05, 3.63) is 77.9 Å². The summed E-state index contributed by atoms with van der Waals surface area (Å²) in [6.07, 6.45) is 0. The minimum Gasteiger partial charge on any atom is -0.465 e. The molecule has 4 rings (SSSR count). The molecule has 0 bridgehead atoms. The second kappa shape index (κ2) is 6.39. The third kappa shape index (κ3) is 2.59. The van der Waals surface area contributed by atoms with Crippen LogP contribution in [0.3, 0.4) is 0 Å². The average Bonchev–Trinajstić information content (AvgIpc) is 3.00. The van der Waals surface area contributed by atoms with Crippen molar-refractivity contribution >= 4 is 42.4 Å². The van der Waals surface area contributed by atoms with E-state index in [1.165, 1.54) is 16.7 Å². The second-order valence-electron chi connectivity index (χ2n) is 6.09. The Balaban J connectivity index is 2.12. The maximum Gasteiger partial charge on any atom is 0.337 e. The predicted octanol–water partition coefficient (Wildman–Crippen LogP) is 5.72. The van der Waals surface area contributed by atoms with Crippen LogP contribution in [-0.2, 0) is 4.74 Å². The van der Waals surface area contributed by atoms with Crippen LogP contribution in [0.4, 0.5) is 0 Å². The third-order valence-corrected chi connectivity index (χ3v) is 6.81. The first-order valence-electron chi connectivity index (χ1n) is 8.27. The number of esters is 1. The van der Waals surface area contributed by atoms with Crippen molar-refractivity contribution in [2.75, 3.05) is 7.11 Å². The van der Waals surface area contributed by atoms with E-state index < -0.39 is 0 Å². The van der Waals surface area contributed by atoms with E-state index in [1.54, 1.807) is 6.92 Å². The summed E-state index contributed by atoms with van der Waals surface area (Å²) in [5, 5.41) is 2.10. The van der Waals surface area contributed by atoms with Crippen molar-refractivity contribution in [3.8, 4) is 4.90 Å². The van der Waals surface area contributed by atoms with Gasteiger partial charge in [0, 0.05) is 32.9 Å². The number of hydrogen-bond acceptors (Lipinski definition) is 3. The van der Waals surface area contributed by atoms with Gasteiger partial charge in [0.25, 0.3) is 0 Å². The molecule has 1 heterocycles. The monoisotopic (exact) mass is 361 g/mol. The Morgan fingerprint density at radius 2 is 1.54 bits per heavy atom. The van der Waals surface area contributed by atoms with Gasteiger partial charge in [0.05, 0.1) is 12.7 Å². The molecule has 0 spiro atoms. The number of carbonyl (C=O) groups is 2. The highest BCUT2D eigenvalue weighted by Gasteiger charge is 2.25. The fourth-order valence-corrected chi connectivity index (χ4v) is 5.63. The van der Waals surface area contributed by atoms with E-state index in [0.717, 1.165) is 15.5 Å². The Hall–Kier alpha value is -2.98. The van der Waals surface area contributed by atoms with E-state index in [-0.39, 0.29) is 22.2 Å². The molecule has 0 aliphatic heterocycles. The first-order valence-corrected chi connectivity index (χ1v) is 9.49. The molecule has 0 saturated carbocycles. The molecule has 0 amide bonds. The fraction of sp³-hybridized carbons (Fsp3) is 0.0909. The maximum atomic E-state index is 12.0. The quantitative estimate of drug-likeness (QED) is 0.266. The number of Topliss-reactive ketones (excluding diaryl/α,β-unsaturated/α-hetero) is 1. The smallest absolute Gasteiger partial charge is 0.337 e. The molecule has 1 unspecified atom stereocenters. The van der Waals surface area contributed by atoms with E-state index in [0.29, 0.717) is 11.1 Å². The van der Waals surface area contributed by atoms with Crippen molar-refractivity contribution in [1.29, 1.82) is 0 Å². The van der Waals surface area contributed by atoms with Gasteiger partial charge in [-0.3, -0.25) is 4.79 Å². The molecule has 26 heavy (non-hydrogen) atoms. The molecule has 0 aliphatic rings. The van der Waals surface area contributed by atoms with E-state index in [9.17, 15) is 9.59 Å². The Morgan fingerprint density at radius 1 is 0.808 bits per heavy atom. The highest BCUT2D eigenvalue weighted by molar-refractivity contribution is 7.50. The van der Waals surface area contributed by atoms with Gasteiger partial charge in [-0.2, -0.15) is 0 Å². The number of carbonyl (C=O) groups excluding carboxylic acids is 2. The van der Waals surface area contributed by atoms with Crippen molar-refractivity contribution in [2.24, 2.45) is 0 Å². The zero-order valence-corrected chi connectivity index (χ0v) is 15.3. The highest BCUT2D eigenvalue weighted by atomic mass is 32.2. The molecule has 0 N–H and O–H groups in total. The molecule has 4 heteroatoms. The van der Waals surface area contributed by atoms with Crippen LogP contribution in [0.1, 0.15) is 27.6 Å². The van der Waals surface area contributed by atoms with Gasteiger partial charge in [-0.05, 0) is 43.3 Å². The number of thiophene rings is 1. The van der Waals surface area contributed by atoms with Crippen LogP contribution in [0.2, 0.25) is 0 Å². The number of rotatable bonds is 3. The maximum absolute atomic E-state index is 12.0. The van der Waals surface area contributed by atoms with Crippen LogP contribution in [0.5, 0.6) is 0 Å². The van der Waals surface area contributed by atoms with Crippen molar-refractivity contribution in [3.63, 3.8) is 0 Å². The predicted molar refractivity (Wildman–Crippen MR) is 107 cm³/mol. The normalized spacial score (nSPS) is 11.7. The van der Waals surface area contributed by atoms with E-state index in [4.69, 9.17) is 4.74 Å². The molecule has 4 aromatic rings. The first kappa shape index (κ1) is 16.5. The van der Waals surface area contributed by atoms with Crippen LogP contribution >= 0.6 is 10.5 Å². The molecule has 1 atom stereocenters. The fourth-order valence-electron chi connectivity index (χ4n) is 3.22. The molecule has 128 valence electrons. The summed E-state index contributed by atoms with van der Waals surface area (Å²) in [5.74, 6) is -0.295. The summed E-state index contributed by atoms with van der Waals surface area (Å²) in [7, 11) is 1.09. The van der Waals surface area contributed by atoms with Crippen molar-refractivity contribution < 1.29 is 14.3 Å². The second-order valence-corrected chi connectivity index (χ2v) is 8.05. The van der Waals surface area contributed by atoms with Crippen LogP contribution < -0.4 is 0 Å². The summed E-state index contributed by atoms with van der Waals surface area (Å²) in [4.78, 5) is 25.0. The number of hydrogen-bond donors (Lipinski definition) is 0. The molecular weight excluding hydrogens is 344 g/mol. The SMILES string of the molecule is COC(=O)c1ccc2c(c1)c1ccc(C(C)=O)cc1[s+]2-c1ccccc1. The first-order chi connectivity index (χ1) is 12.6. The molecule has 3 nitrogen and oxygen atoms in total. The largest absolute Gasteiger partial charge is 0.465 e. The van der Waals surface area contributed by atoms with Gasteiger partial charge in [0.2, 0.25) is 0 Å². The lowest BCUT2D eigenvalue weighted by atomic mass is 10.1. The van der Waals surface area contributed by atoms with Crippen LogP contribution in [0.15, 0.2) is 66.7 Å². The van der Waals surface area contributed by atoms with Gasteiger partial charge in [0.1, 0.15) is 0 Å². The Bertz CT molecular complexity index is 1160. The van der Waals surface area contributed by atoms with Gasteiger partial charge >= 0.3 is 5.97 Å². The lowest BCUT2D eigenvalue weighted by Gasteiger charge is -1.98. The molecule has 0 radical (unpaired) electrons. The molecule has 0 aliphatic carbocycles. The number of fused-ring (bicyclic) bond motifs is 3. The zero-order valence-electron chi connectivity index (χ0n) is 14.5. The Kier molecular flexibility index (Phi) is 4.05. The molecule has 0 saturated heterocycles. The highest BCUT2D eigenvalue weighted by Crippen LogP contribution is 2.48. The summed E-state index contributed by atoms with van der Waals surface area (Å²) in [6, 6.07) is 21.8. The van der Waals surface area contributed by atoms with E-state index in [1.807, 2.05) is 54.6 Å². The molecule has 1 aromatic heterocycles. The number of ketones is 1. The topological polar surface area (TPSA) is 43.4 Å². The average molecular weight is 361 g/mol. The van der Waals surface area contributed by atoms with Gasteiger partial charge < -0.3 is 4.74 Å². The van der Waals surface area contributed by atoms with E-state index >= 15 is 0 Å². The van der Waals surface area contributed by atoms with Crippen LogP contribution in [0.25, 0.3) is 25.1 Å². The van der Waals surface area contributed by atoms with Gasteiger partial charge in [-0.15, -0.1) is 0 Å². The minimum absolute atomic E-state index is 0.0515. The van der Waals surface area contributed by atoms with E-state index in [2.05, 4.69) is 12.1 Å². The summed E-state index contributed by atoms with van der Waals surface area (Å²) in [5.41, 5.74) is 1.24. The Morgan fingerprint density at radius 3 is 2.23 bits per heavy atom. The molecule has 0 fully saturated rings. The standard InChI is InChI=1S/C22H17O3S/c1-14(23)15-8-10-18-19-12-16(22(24)25-2)9-11-20(19)26(21(18)13-15)17-6-4-3-5-7-17/h3-13H,1-2H3/q+1. The van der Waals surface area contributed by atoms with Gasteiger partial charge in [-0.25, -0.2) is 4.79 Å². The van der Waals surface area contributed by atoms with Crippen molar-refractivity contribution in [1.82, 2.24) is 0 Å². The van der Waals surface area contributed by atoms with Crippen LogP contribution in [-0.4, -0.2) is 18.9 Å². The summed E-state index contributed by atoms with van der Waals surface area (Å²) < 4.78 is 7.16. The van der Waals surface area contributed by atoms with Gasteiger partial charge in [0.15, 0.2) is 20.1 Å². The van der Waals surface area contributed by atoms with Gasteiger partial charge in [-0.1, -0.05) is 24.3 Å². The zero-order chi connectivity index (χ0) is 18.3. The summed E-state index contributed by atoms with van der Waals surface area (Å²) >= 11 is 0. The van der Waals surface area contributed by atoms with Crippen molar-refractivity contribution in [2.45, 2.75) is 6.92 Å². The molecular formula is C22H17O3S+. The van der Waals surface area contributed by atoms with Crippen LogP contribution in [0, 0.1) is 0 Å². The Labute approximate surface area is 153 Å². The third-order valence-electron chi connectivity index (χ3n) is 4.50. The summed E-state index contributed by atoms with van der Waals surface area (Å²) in [6.45, 7) is 1.58. The lowest BCUT2D eigenvalue weighted by molar-refractivity contribution is 0.0601. The number of methoxy groups -OCH3 is 1. The minimum atomic E-state index is -0.346. The lowest BCUT2D eigenvalue weighted by Crippen LogP contribution is -2.00. The number of benzene rings is 3. The number of ether oxygens (including phenoxy) is 1.